The summed E-state index contributed by atoms with van der Waals surface area (Å²) in [4.78, 5) is 0. The third-order valence-corrected chi connectivity index (χ3v) is 4.37. The Kier molecular flexibility index (Phi) is 5.04. The molecule has 2 atom stereocenters. The van der Waals surface area contributed by atoms with Gasteiger partial charge in [0.15, 0.2) is 0 Å². The highest BCUT2D eigenvalue weighted by Crippen LogP contribution is 2.24. The summed E-state index contributed by atoms with van der Waals surface area (Å²) in [6, 6.07) is 9.54. The van der Waals surface area contributed by atoms with Crippen LogP contribution in [0.25, 0.3) is 0 Å². The van der Waals surface area contributed by atoms with Gasteiger partial charge < -0.3 is 5.32 Å². The van der Waals surface area contributed by atoms with Crippen LogP contribution < -0.4 is 5.32 Å². The molecule has 2 unspecified atom stereocenters. The molecule has 0 radical (unpaired) electrons. The molecular weight excluding hydrogens is 242 g/mol. The standard InChI is InChI=1S/C19H29N/c1-15(20-14-16-8-6-5-7-9-16)17-10-12-18(13-11-17)19(2,3)4/h5-6,10-13,15-16,20H,7-9,14H2,1-4H3. The molecule has 0 fully saturated rings. The van der Waals surface area contributed by atoms with Crippen LogP contribution in [0.2, 0.25) is 0 Å². The van der Waals surface area contributed by atoms with E-state index in [0.717, 1.165) is 12.5 Å². The topological polar surface area (TPSA) is 12.0 Å². The average molecular weight is 271 g/mol. The predicted octanol–water partition coefficient (Wildman–Crippen LogP) is 4.99. The highest BCUT2D eigenvalue weighted by molar-refractivity contribution is 5.29. The van der Waals surface area contributed by atoms with E-state index >= 15 is 0 Å². The van der Waals surface area contributed by atoms with Crippen LogP contribution in [-0.4, -0.2) is 6.54 Å². The van der Waals surface area contributed by atoms with Gasteiger partial charge in [-0.2, -0.15) is 0 Å². The Balaban J connectivity index is 1.88. The highest BCUT2D eigenvalue weighted by atomic mass is 14.9. The van der Waals surface area contributed by atoms with Crippen molar-refractivity contribution in [1.82, 2.24) is 5.32 Å². The fourth-order valence-corrected chi connectivity index (χ4v) is 2.77. The molecule has 1 aromatic carbocycles. The second kappa shape index (κ2) is 6.58. The first kappa shape index (κ1) is 15.3. The first-order chi connectivity index (χ1) is 9.47. The monoisotopic (exact) mass is 271 g/mol. The van der Waals surface area contributed by atoms with Gasteiger partial charge in [0.05, 0.1) is 0 Å². The molecule has 0 amide bonds. The first-order valence-corrected chi connectivity index (χ1v) is 7.95. The van der Waals surface area contributed by atoms with Crippen LogP contribution in [0, 0.1) is 5.92 Å². The van der Waals surface area contributed by atoms with Crippen molar-refractivity contribution in [1.29, 1.82) is 0 Å². The Morgan fingerprint density at radius 3 is 2.40 bits per heavy atom. The molecule has 1 N–H and O–H groups in total. The zero-order valence-corrected chi connectivity index (χ0v) is 13.4. The van der Waals surface area contributed by atoms with Crippen molar-refractivity contribution >= 4 is 0 Å². The van der Waals surface area contributed by atoms with E-state index in [1.807, 2.05) is 0 Å². The van der Waals surface area contributed by atoms with Gasteiger partial charge in [0.25, 0.3) is 0 Å². The van der Waals surface area contributed by atoms with Crippen molar-refractivity contribution in [2.24, 2.45) is 5.92 Å². The zero-order valence-electron chi connectivity index (χ0n) is 13.4. The lowest BCUT2D eigenvalue weighted by Crippen LogP contribution is -2.26. The number of rotatable bonds is 4. The van der Waals surface area contributed by atoms with Gasteiger partial charge in [0.1, 0.15) is 0 Å². The molecule has 1 aromatic rings. The van der Waals surface area contributed by atoms with Crippen LogP contribution in [0.4, 0.5) is 0 Å². The summed E-state index contributed by atoms with van der Waals surface area (Å²) in [5.74, 6) is 0.816. The van der Waals surface area contributed by atoms with Gasteiger partial charge in [0.2, 0.25) is 0 Å². The minimum Gasteiger partial charge on any atom is -0.310 e. The van der Waals surface area contributed by atoms with Gasteiger partial charge in [-0.1, -0.05) is 57.2 Å². The maximum absolute atomic E-state index is 3.69. The third-order valence-electron chi connectivity index (χ3n) is 4.37. The van der Waals surface area contributed by atoms with Crippen molar-refractivity contribution in [3.63, 3.8) is 0 Å². The number of benzene rings is 1. The van der Waals surface area contributed by atoms with E-state index in [4.69, 9.17) is 0 Å². The van der Waals surface area contributed by atoms with Gasteiger partial charge >= 0.3 is 0 Å². The first-order valence-electron chi connectivity index (χ1n) is 7.95. The summed E-state index contributed by atoms with van der Waals surface area (Å²) in [5.41, 5.74) is 3.04. The quantitative estimate of drug-likeness (QED) is 0.761. The molecule has 1 heteroatoms. The number of hydrogen-bond acceptors (Lipinski definition) is 1. The lowest BCUT2D eigenvalue weighted by atomic mass is 9.86. The molecule has 1 aliphatic rings. The molecule has 2 rings (SSSR count). The maximum Gasteiger partial charge on any atom is 0.0291 e. The van der Waals surface area contributed by atoms with Gasteiger partial charge in [-0.25, -0.2) is 0 Å². The van der Waals surface area contributed by atoms with Crippen molar-refractivity contribution in [2.75, 3.05) is 6.54 Å². The van der Waals surface area contributed by atoms with Gasteiger partial charge in [0, 0.05) is 6.04 Å². The summed E-state index contributed by atoms with van der Waals surface area (Å²) in [7, 11) is 0. The summed E-state index contributed by atoms with van der Waals surface area (Å²) in [6.45, 7) is 10.2. The van der Waals surface area contributed by atoms with Crippen molar-refractivity contribution in [3.05, 3.63) is 47.5 Å². The molecular formula is C19H29N. The van der Waals surface area contributed by atoms with Gasteiger partial charge in [-0.05, 0) is 55.2 Å². The fraction of sp³-hybridized carbons (Fsp3) is 0.579. The summed E-state index contributed by atoms with van der Waals surface area (Å²) >= 11 is 0. The highest BCUT2D eigenvalue weighted by Gasteiger charge is 2.15. The second-order valence-electron chi connectivity index (χ2n) is 7.15. The third kappa shape index (κ3) is 4.21. The summed E-state index contributed by atoms with van der Waals surface area (Å²) < 4.78 is 0. The molecule has 20 heavy (non-hydrogen) atoms. The van der Waals surface area contributed by atoms with E-state index in [1.165, 1.54) is 30.4 Å². The fourth-order valence-electron chi connectivity index (χ4n) is 2.77. The van der Waals surface area contributed by atoms with Gasteiger partial charge in [-0.3, -0.25) is 0 Å². The van der Waals surface area contributed by atoms with E-state index < -0.39 is 0 Å². The van der Waals surface area contributed by atoms with Crippen molar-refractivity contribution < 1.29 is 0 Å². The molecule has 110 valence electrons. The number of hydrogen-bond donors (Lipinski definition) is 1. The molecule has 0 spiro atoms. The Morgan fingerprint density at radius 2 is 1.85 bits per heavy atom. The Morgan fingerprint density at radius 1 is 1.15 bits per heavy atom. The maximum atomic E-state index is 3.69. The summed E-state index contributed by atoms with van der Waals surface area (Å²) in [5, 5.41) is 3.69. The van der Waals surface area contributed by atoms with Crippen molar-refractivity contribution in [3.8, 4) is 0 Å². The largest absolute Gasteiger partial charge is 0.310 e. The number of nitrogens with one attached hydrogen (secondary N) is 1. The van der Waals surface area contributed by atoms with Crippen molar-refractivity contribution in [2.45, 2.75) is 58.4 Å². The van der Waals surface area contributed by atoms with E-state index in [1.54, 1.807) is 0 Å². The van der Waals surface area contributed by atoms with Crippen LogP contribution in [0.1, 0.15) is 64.1 Å². The second-order valence-corrected chi connectivity index (χ2v) is 7.15. The average Bonchev–Trinajstić information content (AvgIpc) is 2.45. The Hall–Kier alpha value is -1.08. The van der Waals surface area contributed by atoms with E-state index in [-0.39, 0.29) is 5.41 Å². The number of allylic oxidation sites excluding steroid dienone is 2. The minimum atomic E-state index is 0.240. The molecule has 0 heterocycles. The summed E-state index contributed by atoms with van der Waals surface area (Å²) in [6.07, 6.45) is 8.46. The zero-order chi connectivity index (χ0) is 14.6. The van der Waals surface area contributed by atoms with Crippen LogP contribution in [0.5, 0.6) is 0 Å². The van der Waals surface area contributed by atoms with Crippen LogP contribution >= 0.6 is 0 Å². The molecule has 0 saturated carbocycles. The normalized spacial score (nSPS) is 20.9. The van der Waals surface area contributed by atoms with Crippen LogP contribution in [-0.2, 0) is 5.41 Å². The SMILES string of the molecule is CC(NCC1CC=CCC1)c1ccc(C(C)(C)C)cc1. The van der Waals surface area contributed by atoms with E-state index in [9.17, 15) is 0 Å². The molecule has 1 aliphatic carbocycles. The predicted molar refractivity (Wildman–Crippen MR) is 88.0 cm³/mol. The molecule has 0 aliphatic heterocycles. The Labute approximate surface area is 124 Å². The molecule has 1 nitrogen and oxygen atoms in total. The molecule has 0 saturated heterocycles. The Bertz CT molecular complexity index is 436. The van der Waals surface area contributed by atoms with Crippen LogP contribution in [0.15, 0.2) is 36.4 Å². The lowest BCUT2D eigenvalue weighted by molar-refractivity contribution is 0.415. The smallest absolute Gasteiger partial charge is 0.0291 e. The molecule has 0 bridgehead atoms. The van der Waals surface area contributed by atoms with Gasteiger partial charge in [-0.15, -0.1) is 0 Å². The minimum absolute atomic E-state index is 0.240. The van der Waals surface area contributed by atoms with E-state index in [0.29, 0.717) is 6.04 Å². The molecule has 0 aromatic heterocycles. The van der Waals surface area contributed by atoms with Crippen LogP contribution in [0.3, 0.4) is 0 Å². The lowest BCUT2D eigenvalue weighted by Gasteiger charge is -2.23. The van der Waals surface area contributed by atoms with E-state index in [2.05, 4.69) is 69.4 Å².